The monoisotopic (exact) mass is 130 g/mol. The SMILES string of the molecule is CC1=C[S@@](=O)OC=C1. The Kier molecular flexibility index (Phi) is 1.48. The van der Waals surface area contributed by atoms with E-state index in [-0.39, 0.29) is 0 Å². The first-order valence-corrected chi connectivity index (χ1v) is 3.35. The minimum atomic E-state index is -1.22. The summed E-state index contributed by atoms with van der Waals surface area (Å²) in [6.45, 7) is 1.87. The molecule has 0 saturated carbocycles. The summed E-state index contributed by atoms with van der Waals surface area (Å²) in [5, 5.41) is 1.56. The van der Waals surface area contributed by atoms with Gasteiger partial charge >= 0.3 is 0 Å². The Hall–Kier alpha value is -0.570. The van der Waals surface area contributed by atoms with Gasteiger partial charge in [-0.15, -0.1) is 0 Å². The first-order chi connectivity index (χ1) is 3.79. The zero-order chi connectivity index (χ0) is 5.98. The number of rotatable bonds is 0. The predicted octanol–water partition coefficient (Wildman–Crippen LogP) is 1.10. The van der Waals surface area contributed by atoms with Crippen LogP contribution in [-0.2, 0) is 15.3 Å². The van der Waals surface area contributed by atoms with E-state index in [1.807, 2.05) is 6.92 Å². The van der Waals surface area contributed by atoms with Crippen LogP contribution in [0.1, 0.15) is 6.92 Å². The van der Waals surface area contributed by atoms with Crippen LogP contribution in [-0.4, -0.2) is 4.21 Å². The molecule has 8 heavy (non-hydrogen) atoms. The third-order valence-corrected chi connectivity index (χ3v) is 1.63. The van der Waals surface area contributed by atoms with E-state index >= 15 is 0 Å². The Morgan fingerprint density at radius 3 is 2.88 bits per heavy atom. The van der Waals surface area contributed by atoms with Crippen molar-refractivity contribution in [3.63, 3.8) is 0 Å². The van der Waals surface area contributed by atoms with Gasteiger partial charge in [-0.1, -0.05) is 0 Å². The molecule has 0 N–H and O–H groups in total. The fourth-order valence-corrected chi connectivity index (χ4v) is 1.01. The number of hydrogen-bond donors (Lipinski definition) is 0. The molecule has 0 saturated heterocycles. The molecule has 44 valence electrons. The lowest BCUT2D eigenvalue weighted by atomic mass is 10.3. The van der Waals surface area contributed by atoms with E-state index in [0.717, 1.165) is 5.57 Å². The summed E-state index contributed by atoms with van der Waals surface area (Å²) in [5.74, 6) is 0. The van der Waals surface area contributed by atoms with Gasteiger partial charge in [0, 0.05) is 5.41 Å². The van der Waals surface area contributed by atoms with Crippen LogP contribution in [0.25, 0.3) is 0 Å². The summed E-state index contributed by atoms with van der Waals surface area (Å²) in [6, 6.07) is 0. The van der Waals surface area contributed by atoms with Gasteiger partial charge in [0.15, 0.2) is 0 Å². The van der Waals surface area contributed by atoms with E-state index in [1.54, 1.807) is 11.5 Å². The highest BCUT2D eigenvalue weighted by Crippen LogP contribution is 2.05. The van der Waals surface area contributed by atoms with Crippen molar-refractivity contribution in [3.8, 4) is 0 Å². The molecule has 1 aliphatic rings. The van der Waals surface area contributed by atoms with Crippen LogP contribution in [0, 0.1) is 0 Å². The minimum absolute atomic E-state index is 0.981. The van der Waals surface area contributed by atoms with Gasteiger partial charge in [-0.3, -0.25) is 0 Å². The van der Waals surface area contributed by atoms with Crippen molar-refractivity contribution in [3.05, 3.63) is 23.3 Å². The maximum Gasteiger partial charge on any atom is 0.232 e. The lowest BCUT2D eigenvalue weighted by Gasteiger charge is -1.99. The average Bonchev–Trinajstić information content (AvgIpc) is 1.64. The summed E-state index contributed by atoms with van der Waals surface area (Å²) in [6.07, 6.45) is 3.20. The number of allylic oxidation sites excluding steroid dienone is 2. The molecule has 1 atom stereocenters. The molecular weight excluding hydrogens is 124 g/mol. The Labute approximate surface area is 50.5 Å². The van der Waals surface area contributed by atoms with Crippen molar-refractivity contribution in [2.24, 2.45) is 0 Å². The lowest BCUT2D eigenvalue weighted by molar-refractivity contribution is 0.510. The molecular formula is C5H6O2S. The van der Waals surface area contributed by atoms with Crippen molar-refractivity contribution in [1.29, 1.82) is 0 Å². The first kappa shape index (κ1) is 5.56. The first-order valence-electron chi connectivity index (χ1n) is 2.22. The summed E-state index contributed by atoms with van der Waals surface area (Å²) in [7, 11) is 0. The average molecular weight is 130 g/mol. The standard InChI is InChI=1S/C5H6O2S/c1-5-2-3-7-8(6)4-5/h2-4H,1H3/t8-/m0/s1. The summed E-state index contributed by atoms with van der Waals surface area (Å²) < 4.78 is 15.0. The largest absolute Gasteiger partial charge is 0.405 e. The van der Waals surface area contributed by atoms with Gasteiger partial charge in [0.25, 0.3) is 0 Å². The maximum atomic E-state index is 10.4. The Balaban J connectivity index is 2.77. The molecule has 0 unspecified atom stereocenters. The van der Waals surface area contributed by atoms with Crippen molar-refractivity contribution < 1.29 is 8.39 Å². The molecule has 2 nitrogen and oxygen atoms in total. The van der Waals surface area contributed by atoms with Crippen LogP contribution in [0.4, 0.5) is 0 Å². The summed E-state index contributed by atoms with van der Waals surface area (Å²) >= 11 is -1.22. The van der Waals surface area contributed by atoms with Crippen molar-refractivity contribution in [1.82, 2.24) is 0 Å². The second kappa shape index (κ2) is 2.13. The van der Waals surface area contributed by atoms with Crippen LogP contribution in [0.2, 0.25) is 0 Å². The molecule has 0 amide bonds. The second-order valence-corrected chi connectivity index (χ2v) is 2.47. The van der Waals surface area contributed by atoms with Gasteiger partial charge in [-0.05, 0) is 18.6 Å². The molecule has 0 aromatic heterocycles. The van der Waals surface area contributed by atoms with Gasteiger partial charge in [-0.2, -0.15) is 0 Å². The molecule has 1 rings (SSSR count). The smallest absolute Gasteiger partial charge is 0.232 e. The fourth-order valence-electron chi connectivity index (χ4n) is 0.409. The number of hydrogen-bond acceptors (Lipinski definition) is 2. The van der Waals surface area contributed by atoms with Crippen LogP contribution < -0.4 is 0 Å². The molecule has 0 fully saturated rings. The highest BCUT2D eigenvalue weighted by molar-refractivity contribution is 7.83. The van der Waals surface area contributed by atoms with Crippen LogP contribution >= 0.6 is 0 Å². The Bertz CT molecular complexity index is 169. The lowest BCUT2D eigenvalue weighted by Crippen LogP contribution is -1.90. The molecule has 1 heterocycles. The third-order valence-electron chi connectivity index (χ3n) is 0.763. The molecule has 0 radical (unpaired) electrons. The minimum Gasteiger partial charge on any atom is -0.405 e. The van der Waals surface area contributed by atoms with E-state index in [2.05, 4.69) is 4.18 Å². The summed E-state index contributed by atoms with van der Waals surface area (Å²) in [5.41, 5.74) is 0.981. The van der Waals surface area contributed by atoms with Gasteiger partial charge in [0.2, 0.25) is 11.1 Å². The van der Waals surface area contributed by atoms with Crippen molar-refractivity contribution in [2.75, 3.05) is 0 Å². The van der Waals surface area contributed by atoms with Crippen molar-refractivity contribution >= 4 is 11.1 Å². The normalized spacial score (nSPS) is 26.6. The zero-order valence-corrected chi connectivity index (χ0v) is 5.27. The van der Waals surface area contributed by atoms with Crippen LogP contribution in [0.3, 0.4) is 0 Å². The highest BCUT2D eigenvalue weighted by Gasteiger charge is 1.96. The van der Waals surface area contributed by atoms with E-state index in [9.17, 15) is 4.21 Å². The Morgan fingerprint density at radius 1 is 1.75 bits per heavy atom. The Morgan fingerprint density at radius 2 is 2.50 bits per heavy atom. The van der Waals surface area contributed by atoms with E-state index in [0.29, 0.717) is 0 Å². The second-order valence-electron chi connectivity index (χ2n) is 1.52. The fraction of sp³-hybridized carbons (Fsp3) is 0.200. The predicted molar refractivity (Wildman–Crippen MR) is 32.1 cm³/mol. The van der Waals surface area contributed by atoms with Gasteiger partial charge in [0.05, 0.1) is 0 Å². The van der Waals surface area contributed by atoms with Crippen LogP contribution in [0.5, 0.6) is 0 Å². The zero-order valence-electron chi connectivity index (χ0n) is 4.46. The molecule has 3 heteroatoms. The van der Waals surface area contributed by atoms with Gasteiger partial charge in [-0.25, -0.2) is 4.21 Å². The van der Waals surface area contributed by atoms with Crippen molar-refractivity contribution in [2.45, 2.75) is 6.92 Å². The van der Waals surface area contributed by atoms with E-state index in [4.69, 9.17) is 0 Å². The maximum absolute atomic E-state index is 10.4. The molecule has 1 aliphatic heterocycles. The molecule has 0 aromatic carbocycles. The summed E-state index contributed by atoms with van der Waals surface area (Å²) in [4.78, 5) is 0. The van der Waals surface area contributed by atoms with E-state index < -0.39 is 11.1 Å². The van der Waals surface area contributed by atoms with Gasteiger partial charge < -0.3 is 4.18 Å². The van der Waals surface area contributed by atoms with Crippen LogP contribution in [0.15, 0.2) is 23.3 Å². The van der Waals surface area contributed by atoms with Gasteiger partial charge in [0.1, 0.15) is 6.26 Å². The quantitative estimate of drug-likeness (QED) is 0.490. The third kappa shape index (κ3) is 1.20. The molecule has 0 bridgehead atoms. The van der Waals surface area contributed by atoms with E-state index in [1.165, 1.54) is 6.26 Å². The molecule has 0 aliphatic carbocycles. The topological polar surface area (TPSA) is 26.3 Å². The highest BCUT2D eigenvalue weighted by atomic mass is 32.2. The molecule has 0 spiro atoms. The molecule has 0 aromatic rings.